The van der Waals surface area contributed by atoms with Crippen molar-refractivity contribution in [2.75, 3.05) is 0 Å². The highest BCUT2D eigenvalue weighted by Crippen LogP contribution is 2.37. The second-order valence-electron chi connectivity index (χ2n) is 7.73. The maximum Gasteiger partial charge on any atom is 0.264 e. The lowest BCUT2D eigenvalue weighted by atomic mass is 10.1. The van der Waals surface area contributed by atoms with Crippen molar-refractivity contribution in [1.82, 2.24) is 9.88 Å². The molecule has 4 nitrogen and oxygen atoms in total. The number of amides is 1. The zero-order valence-electron chi connectivity index (χ0n) is 16.2. The molecule has 0 spiro atoms. The second kappa shape index (κ2) is 7.47. The minimum absolute atomic E-state index is 0.0476. The molecule has 4 aromatic rings. The predicted molar refractivity (Wildman–Crippen MR) is 118 cm³/mol. The number of carbonyl (C=O) groups excluding carboxylic acids is 1. The number of aromatic nitrogens is 1. The minimum Gasteiger partial charge on any atom is -0.467 e. The Morgan fingerprint density at radius 1 is 1.24 bits per heavy atom. The molecule has 0 saturated heterocycles. The number of thiophene rings is 1. The third kappa shape index (κ3) is 3.43. The number of aryl methyl sites for hydroxylation is 1. The molecular formula is C23H21ClN2O2S. The Morgan fingerprint density at radius 3 is 2.83 bits per heavy atom. The molecular weight excluding hydrogens is 404 g/mol. The molecule has 0 N–H and O–H groups in total. The quantitative estimate of drug-likeness (QED) is 0.347. The predicted octanol–water partition coefficient (Wildman–Crippen LogP) is 6.59. The monoisotopic (exact) mass is 424 g/mol. The molecule has 5 rings (SSSR count). The topological polar surface area (TPSA) is 46.3 Å². The Labute approximate surface area is 178 Å². The fourth-order valence-corrected chi connectivity index (χ4v) is 5.68. The number of carbonyl (C=O) groups is 1. The lowest BCUT2D eigenvalue weighted by Crippen LogP contribution is -2.37. The maximum atomic E-state index is 13.6. The molecule has 1 amide bonds. The number of hydrogen-bond acceptors (Lipinski definition) is 4. The first-order valence-corrected chi connectivity index (χ1v) is 11.1. The van der Waals surface area contributed by atoms with Gasteiger partial charge in [-0.15, -0.1) is 11.3 Å². The van der Waals surface area contributed by atoms with Crippen LogP contribution in [0.25, 0.3) is 21.0 Å². The largest absolute Gasteiger partial charge is 0.467 e. The van der Waals surface area contributed by atoms with Crippen LogP contribution in [0.4, 0.5) is 0 Å². The van der Waals surface area contributed by atoms with E-state index in [0.717, 1.165) is 45.2 Å². The summed E-state index contributed by atoms with van der Waals surface area (Å²) >= 11 is 7.98. The molecule has 3 aromatic heterocycles. The smallest absolute Gasteiger partial charge is 0.264 e. The van der Waals surface area contributed by atoms with E-state index in [-0.39, 0.29) is 11.9 Å². The van der Waals surface area contributed by atoms with E-state index in [9.17, 15) is 4.79 Å². The molecule has 3 heterocycles. The van der Waals surface area contributed by atoms with Crippen molar-refractivity contribution in [1.29, 1.82) is 0 Å². The standard InChI is InChI=1S/C23H21ClN2O2S/c1-14-8-9-19-17(11-14)21-18(22(24)25-19)12-20(29-21)23(27)26(15-5-2-3-6-15)13-16-7-4-10-28-16/h4,7-12,15H,2-3,5-6,13H2,1H3. The van der Waals surface area contributed by atoms with Crippen LogP contribution >= 0.6 is 22.9 Å². The number of furan rings is 1. The van der Waals surface area contributed by atoms with Crippen LogP contribution in [0.15, 0.2) is 47.1 Å². The molecule has 1 fully saturated rings. The number of rotatable bonds is 4. The average Bonchev–Trinajstić information content (AvgIpc) is 3.47. The molecule has 0 radical (unpaired) electrons. The van der Waals surface area contributed by atoms with Gasteiger partial charge in [0.15, 0.2) is 0 Å². The number of nitrogens with zero attached hydrogens (tertiary/aromatic N) is 2. The van der Waals surface area contributed by atoms with E-state index in [4.69, 9.17) is 16.0 Å². The summed E-state index contributed by atoms with van der Waals surface area (Å²) in [6.45, 7) is 2.56. The van der Waals surface area contributed by atoms with Crippen LogP contribution in [0.3, 0.4) is 0 Å². The van der Waals surface area contributed by atoms with Crippen LogP contribution in [-0.2, 0) is 6.54 Å². The van der Waals surface area contributed by atoms with Gasteiger partial charge in [-0.3, -0.25) is 4.79 Å². The molecule has 29 heavy (non-hydrogen) atoms. The van der Waals surface area contributed by atoms with Gasteiger partial charge in [-0.1, -0.05) is 36.1 Å². The molecule has 1 aromatic carbocycles. The first-order valence-electron chi connectivity index (χ1n) is 9.93. The van der Waals surface area contributed by atoms with Gasteiger partial charge in [0.1, 0.15) is 10.9 Å². The van der Waals surface area contributed by atoms with Gasteiger partial charge in [-0.2, -0.15) is 0 Å². The van der Waals surface area contributed by atoms with Gasteiger partial charge in [0.05, 0.1) is 23.2 Å². The third-order valence-electron chi connectivity index (χ3n) is 5.71. The molecule has 6 heteroatoms. The SMILES string of the molecule is Cc1ccc2nc(Cl)c3cc(C(=O)N(Cc4ccco4)C4CCCC4)sc3c2c1. The van der Waals surface area contributed by atoms with Crippen molar-refractivity contribution in [3.63, 3.8) is 0 Å². The first kappa shape index (κ1) is 18.6. The summed E-state index contributed by atoms with van der Waals surface area (Å²) in [5.41, 5.74) is 2.02. The summed E-state index contributed by atoms with van der Waals surface area (Å²) < 4.78 is 6.56. The van der Waals surface area contributed by atoms with Crippen molar-refractivity contribution in [2.24, 2.45) is 0 Å². The normalized spacial score (nSPS) is 14.8. The van der Waals surface area contributed by atoms with Gasteiger partial charge < -0.3 is 9.32 Å². The maximum absolute atomic E-state index is 13.6. The number of halogens is 1. The summed E-state index contributed by atoms with van der Waals surface area (Å²) in [6, 6.07) is 12.1. The van der Waals surface area contributed by atoms with Crippen LogP contribution in [0.2, 0.25) is 5.15 Å². The Bertz CT molecular complexity index is 1190. The summed E-state index contributed by atoms with van der Waals surface area (Å²) in [7, 11) is 0. The zero-order valence-corrected chi connectivity index (χ0v) is 17.7. The lowest BCUT2D eigenvalue weighted by Gasteiger charge is -2.27. The highest BCUT2D eigenvalue weighted by molar-refractivity contribution is 7.21. The van der Waals surface area contributed by atoms with Crippen LogP contribution in [0, 0.1) is 6.92 Å². The molecule has 1 saturated carbocycles. The van der Waals surface area contributed by atoms with Gasteiger partial charge in [-0.05, 0) is 50.1 Å². The number of benzene rings is 1. The van der Waals surface area contributed by atoms with Gasteiger partial charge in [0, 0.05) is 21.5 Å². The first-order chi connectivity index (χ1) is 14.1. The lowest BCUT2D eigenvalue weighted by molar-refractivity contribution is 0.0654. The van der Waals surface area contributed by atoms with Crippen molar-refractivity contribution < 1.29 is 9.21 Å². The number of hydrogen-bond donors (Lipinski definition) is 0. The van der Waals surface area contributed by atoms with Crippen LogP contribution in [-0.4, -0.2) is 21.8 Å². The Morgan fingerprint density at radius 2 is 2.07 bits per heavy atom. The van der Waals surface area contributed by atoms with Gasteiger partial charge in [0.25, 0.3) is 5.91 Å². The second-order valence-corrected chi connectivity index (χ2v) is 9.14. The van der Waals surface area contributed by atoms with Crippen molar-refractivity contribution >= 4 is 49.8 Å². The van der Waals surface area contributed by atoms with Crippen LogP contribution in [0.1, 0.15) is 46.7 Å². The third-order valence-corrected chi connectivity index (χ3v) is 7.16. The molecule has 0 unspecified atom stereocenters. The van der Waals surface area contributed by atoms with Crippen molar-refractivity contribution in [3.05, 3.63) is 64.0 Å². The molecule has 1 aliphatic carbocycles. The van der Waals surface area contributed by atoms with E-state index in [2.05, 4.69) is 18.0 Å². The highest BCUT2D eigenvalue weighted by atomic mass is 35.5. The molecule has 148 valence electrons. The fourth-order valence-electron chi connectivity index (χ4n) is 4.24. The van der Waals surface area contributed by atoms with Gasteiger partial charge in [0.2, 0.25) is 0 Å². The summed E-state index contributed by atoms with van der Waals surface area (Å²) in [6.07, 6.45) is 6.08. The molecule has 0 bridgehead atoms. The highest BCUT2D eigenvalue weighted by Gasteiger charge is 2.29. The Kier molecular flexibility index (Phi) is 4.80. The number of fused-ring (bicyclic) bond motifs is 3. The number of pyridine rings is 1. The van der Waals surface area contributed by atoms with E-state index >= 15 is 0 Å². The van der Waals surface area contributed by atoms with E-state index in [1.54, 1.807) is 6.26 Å². The zero-order chi connectivity index (χ0) is 20.0. The summed E-state index contributed by atoms with van der Waals surface area (Å²) in [5.74, 6) is 0.860. The summed E-state index contributed by atoms with van der Waals surface area (Å²) in [5, 5.41) is 2.35. The molecule has 1 aliphatic rings. The minimum atomic E-state index is 0.0476. The fraction of sp³-hybridized carbons (Fsp3) is 0.304. The van der Waals surface area contributed by atoms with E-state index in [1.807, 2.05) is 35.2 Å². The van der Waals surface area contributed by atoms with Gasteiger partial charge in [-0.25, -0.2) is 4.98 Å². The van der Waals surface area contributed by atoms with Crippen LogP contribution < -0.4 is 0 Å². The van der Waals surface area contributed by atoms with Gasteiger partial charge >= 0.3 is 0 Å². The average molecular weight is 425 g/mol. The Hall–Kier alpha value is -2.37. The van der Waals surface area contributed by atoms with E-state index < -0.39 is 0 Å². The Balaban J connectivity index is 1.59. The van der Waals surface area contributed by atoms with Crippen molar-refractivity contribution in [2.45, 2.75) is 45.2 Å². The van der Waals surface area contributed by atoms with E-state index in [0.29, 0.717) is 16.6 Å². The molecule has 0 atom stereocenters. The molecule has 0 aliphatic heterocycles. The van der Waals surface area contributed by atoms with Crippen molar-refractivity contribution in [3.8, 4) is 0 Å². The summed E-state index contributed by atoms with van der Waals surface area (Å²) in [4.78, 5) is 20.8. The van der Waals surface area contributed by atoms with Crippen LogP contribution in [0.5, 0.6) is 0 Å². The van der Waals surface area contributed by atoms with E-state index in [1.165, 1.54) is 24.2 Å².